The molecule has 3 N–H and O–H groups in total. The van der Waals surface area contributed by atoms with Crippen LogP contribution in [0, 0.1) is 0 Å². The van der Waals surface area contributed by atoms with Gasteiger partial charge < -0.3 is 11.1 Å². The summed E-state index contributed by atoms with van der Waals surface area (Å²) >= 11 is 0. The molecule has 0 radical (unpaired) electrons. The fourth-order valence-electron chi connectivity index (χ4n) is 1.72. The molecule has 0 saturated heterocycles. The first-order valence-corrected chi connectivity index (χ1v) is 6.55. The number of nitrogens with two attached hydrogens (primary N) is 1. The molecule has 0 rings (SSSR count). The Morgan fingerprint density at radius 1 is 1.44 bits per heavy atom. The van der Waals surface area contributed by atoms with Crippen molar-refractivity contribution in [3.63, 3.8) is 0 Å². The quantitative estimate of drug-likeness (QED) is 0.618. The smallest absolute Gasteiger partial charge is 0.222 e. The van der Waals surface area contributed by atoms with Crippen molar-refractivity contribution in [3.05, 3.63) is 37.0 Å². The van der Waals surface area contributed by atoms with Gasteiger partial charge in [-0.3, -0.25) is 4.79 Å². The average molecular weight is 250 g/mol. The van der Waals surface area contributed by atoms with Gasteiger partial charge in [-0.1, -0.05) is 51.2 Å². The van der Waals surface area contributed by atoms with Gasteiger partial charge in [-0.15, -0.1) is 0 Å². The van der Waals surface area contributed by atoms with Crippen LogP contribution in [0.1, 0.15) is 39.5 Å². The van der Waals surface area contributed by atoms with Crippen molar-refractivity contribution >= 4 is 5.91 Å². The topological polar surface area (TPSA) is 55.1 Å². The predicted molar refractivity (Wildman–Crippen MR) is 78.2 cm³/mol. The van der Waals surface area contributed by atoms with Gasteiger partial charge in [0.05, 0.1) is 6.04 Å². The maximum atomic E-state index is 11.8. The van der Waals surface area contributed by atoms with Crippen molar-refractivity contribution in [1.29, 1.82) is 0 Å². The molecule has 0 aromatic carbocycles. The molecule has 102 valence electrons. The number of unbranched alkanes of at least 4 members (excludes halogenated alkanes) is 1. The minimum Gasteiger partial charge on any atom is -0.350 e. The van der Waals surface area contributed by atoms with E-state index in [1.165, 1.54) is 0 Å². The zero-order valence-electron chi connectivity index (χ0n) is 11.6. The van der Waals surface area contributed by atoms with Crippen molar-refractivity contribution < 1.29 is 4.79 Å². The van der Waals surface area contributed by atoms with Gasteiger partial charge in [-0.25, -0.2) is 0 Å². The number of nitrogens with one attached hydrogen (secondary N) is 1. The van der Waals surface area contributed by atoms with Crippen molar-refractivity contribution in [3.8, 4) is 0 Å². The monoisotopic (exact) mass is 250 g/mol. The Morgan fingerprint density at radius 2 is 2.11 bits per heavy atom. The minimum absolute atomic E-state index is 0.0112. The number of hydrogen-bond donors (Lipinski definition) is 2. The van der Waals surface area contributed by atoms with E-state index in [9.17, 15) is 4.79 Å². The van der Waals surface area contributed by atoms with E-state index in [0.717, 1.165) is 24.8 Å². The fourth-order valence-corrected chi connectivity index (χ4v) is 1.72. The Labute approximate surface area is 111 Å². The molecule has 3 nitrogen and oxygen atoms in total. The molecule has 0 bridgehead atoms. The van der Waals surface area contributed by atoms with Crippen LogP contribution in [0.25, 0.3) is 0 Å². The Balaban J connectivity index is 4.18. The van der Waals surface area contributed by atoms with Gasteiger partial charge in [0.15, 0.2) is 0 Å². The molecule has 2 atom stereocenters. The van der Waals surface area contributed by atoms with Gasteiger partial charge in [-0.2, -0.15) is 0 Å². The minimum atomic E-state index is -0.0635. The SMILES string of the molecule is C=C/C=C(\C=C)C(C)NC(=O)CC(N)CCCC. The molecule has 0 saturated carbocycles. The Hall–Kier alpha value is -1.35. The lowest BCUT2D eigenvalue weighted by Gasteiger charge is -2.17. The van der Waals surface area contributed by atoms with E-state index in [1.54, 1.807) is 12.2 Å². The molecule has 0 heterocycles. The Morgan fingerprint density at radius 3 is 2.61 bits per heavy atom. The largest absolute Gasteiger partial charge is 0.350 e. The molecule has 18 heavy (non-hydrogen) atoms. The van der Waals surface area contributed by atoms with Gasteiger partial charge in [0.1, 0.15) is 0 Å². The second-order valence-electron chi connectivity index (χ2n) is 4.50. The summed E-state index contributed by atoms with van der Waals surface area (Å²) in [6, 6.07) is -0.112. The molecular weight excluding hydrogens is 224 g/mol. The molecule has 0 fully saturated rings. The van der Waals surface area contributed by atoms with Crippen LogP contribution in [0.4, 0.5) is 0 Å². The lowest BCUT2D eigenvalue weighted by atomic mass is 10.1. The standard InChI is InChI=1S/C15H26N2O/c1-5-8-10-14(16)11-15(18)17-12(4)13(7-3)9-6-2/h6-7,9,12,14H,2-3,5,8,10-11,16H2,1,4H3,(H,17,18)/b13-9+. The van der Waals surface area contributed by atoms with Crippen molar-refractivity contribution in [1.82, 2.24) is 5.32 Å². The van der Waals surface area contributed by atoms with Crippen LogP contribution in [-0.4, -0.2) is 18.0 Å². The van der Waals surface area contributed by atoms with Gasteiger partial charge >= 0.3 is 0 Å². The average Bonchev–Trinajstić information content (AvgIpc) is 2.32. The van der Waals surface area contributed by atoms with Crippen LogP contribution in [0.3, 0.4) is 0 Å². The summed E-state index contributed by atoms with van der Waals surface area (Å²) in [6.45, 7) is 11.4. The summed E-state index contributed by atoms with van der Waals surface area (Å²) in [5, 5.41) is 2.92. The zero-order chi connectivity index (χ0) is 14.0. The second kappa shape index (κ2) is 9.66. The summed E-state index contributed by atoms with van der Waals surface area (Å²) in [5.41, 5.74) is 6.84. The number of hydrogen-bond acceptors (Lipinski definition) is 2. The number of rotatable bonds is 9. The molecular formula is C15H26N2O. The Kier molecular flexibility index (Phi) is 8.93. The summed E-state index contributed by atoms with van der Waals surface area (Å²) < 4.78 is 0. The first kappa shape index (κ1) is 16.6. The second-order valence-corrected chi connectivity index (χ2v) is 4.50. The molecule has 2 unspecified atom stereocenters. The normalized spacial score (nSPS) is 14.7. The fraction of sp³-hybridized carbons (Fsp3) is 0.533. The highest BCUT2D eigenvalue weighted by molar-refractivity contribution is 5.77. The van der Waals surface area contributed by atoms with Crippen LogP contribution in [0.5, 0.6) is 0 Å². The lowest BCUT2D eigenvalue weighted by molar-refractivity contribution is -0.121. The van der Waals surface area contributed by atoms with Gasteiger partial charge in [0, 0.05) is 12.5 Å². The maximum Gasteiger partial charge on any atom is 0.222 e. The first-order valence-electron chi connectivity index (χ1n) is 6.55. The molecule has 3 heteroatoms. The zero-order valence-corrected chi connectivity index (χ0v) is 11.6. The molecule has 1 amide bonds. The summed E-state index contributed by atoms with van der Waals surface area (Å²) in [7, 11) is 0. The van der Waals surface area contributed by atoms with Gasteiger partial charge in [0.2, 0.25) is 5.91 Å². The van der Waals surface area contributed by atoms with E-state index in [2.05, 4.69) is 25.4 Å². The Bertz CT molecular complexity index is 308. The summed E-state index contributed by atoms with van der Waals surface area (Å²) in [5.74, 6) is -0.0112. The number of carbonyl (C=O) groups is 1. The van der Waals surface area contributed by atoms with Crippen molar-refractivity contribution in [2.75, 3.05) is 0 Å². The van der Waals surface area contributed by atoms with Crippen molar-refractivity contribution in [2.24, 2.45) is 5.73 Å². The first-order chi connectivity index (χ1) is 8.54. The highest BCUT2D eigenvalue weighted by Crippen LogP contribution is 2.06. The van der Waals surface area contributed by atoms with Crippen LogP contribution in [-0.2, 0) is 4.79 Å². The van der Waals surface area contributed by atoms with E-state index in [4.69, 9.17) is 5.73 Å². The molecule has 0 aliphatic heterocycles. The third-order valence-electron chi connectivity index (χ3n) is 2.80. The van der Waals surface area contributed by atoms with E-state index in [-0.39, 0.29) is 18.0 Å². The van der Waals surface area contributed by atoms with E-state index >= 15 is 0 Å². The van der Waals surface area contributed by atoms with E-state index in [0.29, 0.717) is 6.42 Å². The maximum absolute atomic E-state index is 11.8. The van der Waals surface area contributed by atoms with Crippen LogP contribution in [0.2, 0.25) is 0 Å². The highest BCUT2D eigenvalue weighted by atomic mass is 16.1. The third-order valence-corrected chi connectivity index (χ3v) is 2.80. The predicted octanol–water partition coefficient (Wildman–Crippen LogP) is 2.70. The molecule has 0 aromatic heterocycles. The number of carbonyl (C=O) groups excluding carboxylic acids is 1. The van der Waals surface area contributed by atoms with Crippen LogP contribution in [0.15, 0.2) is 37.0 Å². The molecule has 0 aromatic rings. The lowest BCUT2D eigenvalue weighted by Crippen LogP contribution is -2.37. The van der Waals surface area contributed by atoms with Gasteiger partial charge in [-0.05, 0) is 18.9 Å². The van der Waals surface area contributed by atoms with E-state index in [1.807, 2.05) is 13.0 Å². The number of allylic oxidation sites excluding steroid dienone is 2. The summed E-state index contributed by atoms with van der Waals surface area (Å²) in [4.78, 5) is 11.8. The van der Waals surface area contributed by atoms with E-state index < -0.39 is 0 Å². The molecule has 0 aliphatic rings. The highest BCUT2D eigenvalue weighted by Gasteiger charge is 2.12. The van der Waals surface area contributed by atoms with Crippen molar-refractivity contribution in [2.45, 2.75) is 51.6 Å². The third kappa shape index (κ3) is 7.07. The molecule has 0 spiro atoms. The molecule has 0 aliphatic carbocycles. The summed E-state index contributed by atoms with van der Waals surface area (Å²) in [6.07, 6.45) is 8.70. The van der Waals surface area contributed by atoms with Gasteiger partial charge in [0.25, 0.3) is 0 Å². The van der Waals surface area contributed by atoms with Crippen LogP contribution >= 0.6 is 0 Å². The number of amides is 1. The van der Waals surface area contributed by atoms with Crippen LogP contribution < -0.4 is 11.1 Å².